The Morgan fingerprint density at radius 3 is 2.36 bits per heavy atom. The Kier molecular flexibility index (Phi) is 5.94. The zero-order chi connectivity index (χ0) is 18.2. The summed E-state index contributed by atoms with van der Waals surface area (Å²) in [6.07, 6.45) is 1.57. The molecule has 0 amide bonds. The molecular formula is C17H19N4O4+. The van der Waals surface area contributed by atoms with Gasteiger partial charge in [0.2, 0.25) is 6.21 Å². The minimum atomic E-state index is -0.503. The van der Waals surface area contributed by atoms with E-state index in [0.717, 1.165) is 5.56 Å². The molecule has 0 radical (unpaired) electrons. The maximum atomic E-state index is 12.2. The third kappa shape index (κ3) is 4.96. The maximum absolute atomic E-state index is 12.2. The second-order valence-electron chi connectivity index (χ2n) is 4.84. The summed E-state index contributed by atoms with van der Waals surface area (Å²) in [4.78, 5) is 12.2. The van der Waals surface area contributed by atoms with Gasteiger partial charge in [-0.15, -0.1) is 5.10 Å². The number of hydrogen-bond donors (Lipinski definition) is 3. The Bertz CT molecular complexity index is 797. The molecule has 0 bridgehead atoms. The van der Waals surface area contributed by atoms with Crippen LogP contribution in [0.25, 0.3) is 0 Å². The van der Waals surface area contributed by atoms with Gasteiger partial charge in [0.15, 0.2) is 11.5 Å². The number of methoxy groups -OCH3 is 2. The molecule has 2 aromatic carbocycles. The molecule has 0 fully saturated rings. The topological polar surface area (TPSA) is 123 Å². The van der Waals surface area contributed by atoms with Gasteiger partial charge in [0.25, 0.3) is 5.96 Å². The number of nitrogens with zero attached hydrogens (tertiary/aromatic N) is 1. The van der Waals surface area contributed by atoms with E-state index in [1.807, 2.05) is 0 Å². The van der Waals surface area contributed by atoms with Crippen molar-refractivity contribution in [1.82, 2.24) is 0 Å². The first-order valence-corrected chi connectivity index (χ1v) is 7.25. The van der Waals surface area contributed by atoms with Crippen LogP contribution in [0.4, 0.5) is 0 Å². The van der Waals surface area contributed by atoms with Gasteiger partial charge in [-0.05, 0) is 42.5 Å². The molecule has 8 heteroatoms. The average molecular weight is 343 g/mol. The molecule has 0 heterocycles. The summed E-state index contributed by atoms with van der Waals surface area (Å²) in [5.74, 6) is 0.747. The lowest BCUT2D eigenvalue weighted by Gasteiger charge is -2.09. The number of esters is 1. The predicted molar refractivity (Wildman–Crippen MR) is 92.9 cm³/mol. The van der Waals surface area contributed by atoms with Crippen molar-refractivity contribution in [2.45, 2.75) is 0 Å². The lowest BCUT2D eigenvalue weighted by Crippen LogP contribution is -2.63. The SMILES string of the molecule is COc1ccc(C(=O)Oc2ccc(/C=[NH+]\N=C(N)N)cc2OC)cc1. The van der Waals surface area contributed by atoms with Crippen LogP contribution in [-0.2, 0) is 0 Å². The zero-order valence-electron chi connectivity index (χ0n) is 13.9. The van der Waals surface area contributed by atoms with Crippen molar-refractivity contribution < 1.29 is 24.1 Å². The van der Waals surface area contributed by atoms with E-state index < -0.39 is 5.97 Å². The largest absolute Gasteiger partial charge is 0.497 e. The molecule has 0 aliphatic rings. The monoisotopic (exact) mass is 343 g/mol. The van der Waals surface area contributed by atoms with Gasteiger partial charge in [-0.2, -0.15) is 0 Å². The summed E-state index contributed by atoms with van der Waals surface area (Å²) < 4.78 is 15.7. The van der Waals surface area contributed by atoms with Crippen molar-refractivity contribution in [2.24, 2.45) is 16.6 Å². The molecule has 25 heavy (non-hydrogen) atoms. The molecule has 0 spiro atoms. The fourth-order valence-corrected chi connectivity index (χ4v) is 1.93. The average Bonchev–Trinajstić information content (AvgIpc) is 2.62. The molecule has 2 aromatic rings. The number of nitrogens with one attached hydrogen (secondary N) is 1. The highest BCUT2D eigenvalue weighted by Gasteiger charge is 2.13. The Labute approximate surface area is 144 Å². The lowest BCUT2D eigenvalue weighted by atomic mass is 10.2. The Balaban J connectivity index is 2.16. The van der Waals surface area contributed by atoms with Crippen LogP contribution >= 0.6 is 0 Å². The second-order valence-corrected chi connectivity index (χ2v) is 4.84. The molecule has 0 unspecified atom stereocenters. The summed E-state index contributed by atoms with van der Waals surface area (Å²) in [6.45, 7) is 0. The van der Waals surface area contributed by atoms with Crippen LogP contribution in [0.2, 0.25) is 0 Å². The van der Waals surface area contributed by atoms with Crippen LogP contribution in [0.5, 0.6) is 17.2 Å². The summed E-state index contributed by atoms with van der Waals surface area (Å²) in [7, 11) is 3.03. The molecule has 0 aliphatic heterocycles. The first-order chi connectivity index (χ1) is 12.0. The quantitative estimate of drug-likeness (QED) is 0.216. The van der Waals surface area contributed by atoms with Crippen LogP contribution in [0.1, 0.15) is 15.9 Å². The third-order valence-corrected chi connectivity index (χ3v) is 3.14. The van der Waals surface area contributed by atoms with E-state index in [0.29, 0.717) is 22.8 Å². The highest BCUT2D eigenvalue weighted by Crippen LogP contribution is 2.28. The van der Waals surface area contributed by atoms with Crippen LogP contribution in [0, 0.1) is 0 Å². The van der Waals surface area contributed by atoms with Crippen molar-refractivity contribution in [3.8, 4) is 17.2 Å². The van der Waals surface area contributed by atoms with Crippen molar-refractivity contribution in [3.05, 3.63) is 53.6 Å². The van der Waals surface area contributed by atoms with Gasteiger partial charge in [-0.25, -0.2) is 4.79 Å². The van der Waals surface area contributed by atoms with Crippen molar-refractivity contribution in [1.29, 1.82) is 0 Å². The number of carbonyl (C=O) groups is 1. The van der Waals surface area contributed by atoms with E-state index in [9.17, 15) is 4.79 Å². The van der Waals surface area contributed by atoms with Crippen molar-refractivity contribution in [2.75, 3.05) is 14.2 Å². The van der Waals surface area contributed by atoms with Gasteiger partial charge in [0.05, 0.1) is 19.8 Å². The standard InChI is InChI=1S/C17H18N4O4/c1-23-13-6-4-12(5-7-13)16(22)25-14-8-3-11(9-15(14)24-2)10-20-21-17(18)19/h3-10H,1-2H3,(H4,18,19,21)/p+1/b20-10-. The van der Waals surface area contributed by atoms with Gasteiger partial charge >= 0.3 is 5.97 Å². The summed E-state index contributed by atoms with van der Waals surface area (Å²) in [5.41, 5.74) is 11.6. The second kappa shape index (κ2) is 8.34. The molecular weight excluding hydrogens is 324 g/mol. The van der Waals surface area contributed by atoms with Gasteiger partial charge in [0.1, 0.15) is 5.75 Å². The Morgan fingerprint density at radius 2 is 1.76 bits per heavy atom. The third-order valence-electron chi connectivity index (χ3n) is 3.14. The van der Waals surface area contributed by atoms with E-state index in [1.54, 1.807) is 55.8 Å². The molecule has 8 nitrogen and oxygen atoms in total. The summed E-state index contributed by atoms with van der Waals surface area (Å²) in [5, 5.41) is 6.22. The number of ether oxygens (including phenoxy) is 3. The fraction of sp³-hybridized carbons (Fsp3) is 0.118. The normalized spacial score (nSPS) is 10.3. The molecule has 5 N–H and O–H groups in total. The van der Waals surface area contributed by atoms with E-state index in [4.69, 9.17) is 25.7 Å². The van der Waals surface area contributed by atoms with Crippen LogP contribution in [-0.4, -0.2) is 32.4 Å². The fourth-order valence-electron chi connectivity index (χ4n) is 1.93. The Hall–Kier alpha value is -3.55. The number of benzene rings is 2. The number of hydrogen-bond acceptors (Lipinski definition) is 5. The minimum absolute atomic E-state index is 0.0896. The number of carbonyl (C=O) groups excluding carboxylic acids is 1. The first-order valence-electron chi connectivity index (χ1n) is 7.25. The molecule has 130 valence electrons. The summed E-state index contributed by atoms with van der Waals surface area (Å²) >= 11 is 0. The predicted octanol–water partition coefficient (Wildman–Crippen LogP) is -0.389. The zero-order valence-corrected chi connectivity index (χ0v) is 13.9. The minimum Gasteiger partial charge on any atom is -0.497 e. The van der Waals surface area contributed by atoms with Crippen molar-refractivity contribution >= 4 is 18.1 Å². The Morgan fingerprint density at radius 1 is 1.04 bits per heavy atom. The number of guanidine groups is 1. The lowest BCUT2D eigenvalue weighted by molar-refractivity contribution is -0.456. The molecule has 0 atom stereocenters. The van der Waals surface area contributed by atoms with Crippen molar-refractivity contribution in [3.63, 3.8) is 0 Å². The van der Waals surface area contributed by atoms with E-state index in [1.165, 1.54) is 7.11 Å². The molecule has 0 aromatic heterocycles. The van der Waals surface area contributed by atoms with Gasteiger partial charge < -0.3 is 25.7 Å². The molecule has 2 rings (SSSR count). The highest BCUT2D eigenvalue weighted by molar-refractivity contribution is 5.91. The van der Waals surface area contributed by atoms with E-state index >= 15 is 0 Å². The van der Waals surface area contributed by atoms with E-state index in [-0.39, 0.29) is 5.96 Å². The number of rotatable bonds is 6. The van der Waals surface area contributed by atoms with E-state index in [2.05, 4.69) is 10.2 Å². The number of hydrazone groups is 1. The molecule has 0 saturated heterocycles. The molecule has 0 aliphatic carbocycles. The van der Waals surface area contributed by atoms with Gasteiger partial charge in [-0.1, -0.05) is 0 Å². The maximum Gasteiger partial charge on any atom is 0.343 e. The first kappa shape index (κ1) is 17.8. The van der Waals surface area contributed by atoms with Gasteiger partial charge in [-0.3, -0.25) is 0 Å². The smallest absolute Gasteiger partial charge is 0.343 e. The van der Waals surface area contributed by atoms with Gasteiger partial charge in [0, 0.05) is 10.7 Å². The van der Waals surface area contributed by atoms with Crippen LogP contribution in [0.3, 0.4) is 0 Å². The molecule has 0 saturated carbocycles. The number of nitrogens with two attached hydrogens (primary N) is 2. The highest BCUT2D eigenvalue weighted by atomic mass is 16.6. The van der Waals surface area contributed by atoms with Crippen LogP contribution in [0.15, 0.2) is 47.6 Å². The summed E-state index contributed by atoms with van der Waals surface area (Å²) in [6, 6.07) is 11.6. The van der Waals surface area contributed by atoms with Crippen LogP contribution < -0.4 is 30.8 Å².